The predicted molar refractivity (Wildman–Crippen MR) is 77.4 cm³/mol. The Morgan fingerprint density at radius 2 is 2.00 bits per heavy atom. The van der Waals surface area contributed by atoms with Gasteiger partial charge in [0, 0.05) is 37.1 Å². The summed E-state index contributed by atoms with van der Waals surface area (Å²) in [6.07, 6.45) is 3.60. The Morgan fingerprint density at radius 3 is 2.70 bits per heavy atom. The van der Waals surface area contributed by atoms with Crippen molar-refractivity contribution < 1.29 is 4.92 Å². The van der Waals surface area contributed by atoms with Gasteiger partial charge in [0.05, 0.1) is 4.92 Å². The number of nitrogens with zero attached hydrogens (tertiary/aromatic N) is 2. The second kappa shape index (κ2) is 6.25. The Balaban J connectivity index is 2.00. The van der Waals surface area contributed by atoms with Gasteiger partial charge in [-0.15, -0.1) is 0 Å². The molecule has 20 heavy (non-hydrogen) atoms. The number of pyridine rings is 1. The summed E-state index contributed by atoms with van der Waals surface area (Å²) in [4.78, 5) is 14.6. The van der Waals surface area contributed by atoms with E-state index in [1.807, 2.05) is 25.3 Å². The van der Waals surface area contributed by atoms with E-state index >= 15 is 0 Å². The smallest absolute Gasteiger partial charge is 0.272 e. The van der Waals surface area contributed by atoms with Crippen molar-refractivity contribution in [2.75, 3.05) is 0 Å². The summed E-state index contributed by atoms with van der Waals surface area (Å²) in [5.74, 6) is 0. The Kier molecular flexibility index (Phi) is 4.42. The fourth-order valence-electron chi connectivity index (χ4n) is 1.98. The first-order valence-electron chi connectivity index (χ1n) is 6.42. The summed E-state index contributed by atoms with van der Waals surface area (Å²) in [7, 11) is 0. The standard InChI is InChI=1S/C15H17N3O2/c1-11-5-6-16-9-14(11)10-17-8-13-4-3-12(2)15(7-13)18(19)20/h3-7,9,17H,8,10H2,1-2H3. The third-order valence-electron chi connectivity index (χ3n) is 3.26. The Labute approximate surface area is 117 Å². The highest BCUT2D eigenvalue weighted by atomic mass is 16.6. The van der Waals surface area contributed by atoms with Gasteiger partial charge in [-0.05, 0) is 36.6 Å². The fourth-order valence-corrected chi connectivity index (χ4v) is 1.98. The van der Waals surface area contributed by atoms with Gasteiger partial charge in [0.2, 0.25) is 0 Å². The highest BCUT2D eigenvalue weighted by Gasteiger charge is 2.10. The summed E-state index contributed by atoms with van der Waals surface area (Å²) in [6, 6.07) is 7.28. The Morgan fingerprint density at radius 1 is 1.20 bits per heavy atom. The lowest BCUT2D eigenvalue weighted by Crippen LogP contribution is -2.14. The molecule has 0 fully saturated rings. The van der Waals surface area contributed by atoms with Crippen LogP contribution in [0.15, 0.2) is 36.7 Å². The summed E-state index contributed by atoms with van der Waals surface area (Å²) in [5.41, 5.74) is 4.07. The summed E-state index contributed by atoms with van der Waals surface area (Å²) in [5, 5.41) is 14.2. The molecule has 5 nitrogen and oxygen atoms in total. The van der Waals surface area contributed by atoms with E-state index in [0.717, 1.165) is 11.1 Å². The van der Waals surface area contributed by atoms with Gasteiger partial charge in [0.25, 0.3) is 5.69 Å². The second-order valence-electron chi connectivity index (χ2n) is 4.78. The van der Waals surface area contributed by atoms with Gasteiger partial charge in [0.1, 0.15) is 0 Å². The van der Waals surface area contributed by atoms with Crippen molar-refractivity contribution >= 4 is 5.69 Å². The molecule has 104 valence electrons. The molecular formula is C15H17N3O2. The summed E-state index contributed by atoms with van der Waals surface area (Å²) >= 11 is 0. The maximum Gasteiger partial charge on any atom is 0.272 e. The maximum atomic E-state index is 10.9. The lowest BCUT2D eigenvalue weighted by molar-refractivity contribution is -0.385. The fraction of sp³-hybridized carbons (Fsp3) is 0.267. The van der Waals surface area contributed by atoms with Crippen LogP contribution in [0.1, 0.15) is 22.3 Å². The first-order chi connectivity index (χ1) is 9.58. The van der Waals surface area contributed by atoms with Crippen LogP contribution >= 0.6 is 0 Å². The molecule has 1 N–H and O–H groups in total. The minimum Gasteiger partial charge on any atom is -0.309 e. The molecule has 0 unspecified atom stereocenters. The van der Waals surface area contributed by atoms with Gasteiger partial charge in [-0.2, -0.15) is 0 Å². The molecule has 0 aliphatic rings. The van der Waals surface area contributed by atoms with E-state index < -0.39 is 0 Å². The number of benzene rings is 1. The van der Waals surface area contributed by atoms with E-state index in [9.17, 15) is 10.1 Å². The highest BCUT2D eigenvalue weighted by Crippen LogP contribution is 2.19. The van der Waals surface area contributed by atoms with Crippen molar-refractivity contribution in [1.82, 2.24) is 10.3 Å². The number of nitrogens with one attached hydrogen (secondary N) is 1. The summed E-state index contributed by atoms with van der Waals surface area (Å²) < 4.78 is 0. The maximum absolute atomic E-state index is 10.9. The number of nitro groups is 1. The second-order valence-corrected chi connectivity index (χ2v) is 4.78. The Bertz CT molecular complexity index is 626. The van der Waals surface area contributed by atoms with E-state index in [1.165, 1.54) is 5.56 Å². The van der Waals surface area contributed by atoms with Crippen molar-refractivity contribution in [2.45, 2.75) is 26.9 Å². The molecule has 2 aromatic rings. The average molecular weight is 271 g/mol. The third kappa shape index (κ3) is 3.39. The van der Waals surface area contributed by atoms with Crippen LogP contribution in [0, 0.1) is 24.0 Å². The first-order valence-corrected chi connectivity index (χ1v) is 6.42. The zero-order chi connectivity index (χ0) is 14.5. The largest absolute Gasteiger partial charge is 0.309 e. The van der Waals surface area contributed by atoms with Crippen LogP contribution in [0.25, 0.3) is 0 Å². The quantitative estimate of drug-likeness (QED) is 0.670. The molecule has 0 spiro atoms. The molecule has 0 aliphatic carbocycles. The average Bonchev–Trinajstić information content (AvgIpc) is 2.42. The van der Waals surface area contributed by atoms with Crippen LogP contribution in [-0.2, 0) is 13.1 Å². The third-order valence-corrected chi connectivity index (χ3v) is 3.26. The zero-order valence-corrected chi connectivity index (χ0v) is 11.6. The molecule has 0 bridgehead atoms. The van der Waals surface area contributed by atoms with Crippen molar-refractivity contribution in [2.24, 2.45) is 0 Å². The van der Waals surface area contributed by atoms with Crippen LogP contribution in [0.4, 0.5) is 5.69 Å². The van der Waals surface area contributed by atoms with E-state index in [4.69, 9.17) is 0 Å². The van der Waals surface area contributed by atoms with Gasteiger partial charge in [0.15, 0.2) is 0 Å². The SMILES string of the molecule is Cc1ccncc1CNCc1ccc(C)c([N+](=O)[O-])c1. The van der Waals surface area contributed by atoms with Gasteiger partial charge in [-0.25, -0.2) is 0 Å². The van der Waals surface area contributed by atoms with Gasteiger partial charge in [-0.3, -0.25) is 15.1 Å². The number of hydrogen-bond donors (Lipinski definition) is 1. The molecule has 1 aromatic carbocycles. The van der Waals surface area contributed by atoms with Crippen LogP contribution < -0.4 is 5.32 Å². The minimum absolute atomic E-state index is 0.168. The molecule has 0 aliphatic heterocycles. The Hall–Kier alpha value is -2.27. The van der Waals surface area contributed by atoms with E-state index in [2.05, 4.69) is 10.3 Å². The molecule has 0 saturated heterocycles. The molecule has 0 saturated carbocycles. The number of nitro benzene ring substituents is 1. The molecule has 0 atom stereocenters. The van der Waals surface area contributed by atoms with Crippen LogP contribution in [0.2, 0.25) is 0 Å². The molecule has 0 amide bonds. The lowest BCUT2D eigenvalue weighted by atomic mass is 10.1. The van der Waals surface area contributed by atoms with E-state index in [0.29, 0.717) is 18.7 Å². The molecular weight excluding hydrogens is 254 g/mol. The van der Waals surface area contributed by atoms with Gasteiger partial charge in [-0.1, -0.05) is 12.1 Å². The van der Waals surface area contributed by atoms with Crippen LogP contribution in [0.3, 0.4) is 0 Å². The van der Waals surface area contributed by atoms with Crippen molar-refractivity contribution in [3.63, 3.8) is 0 Å². The first kappa shape index (κ1) is 14.1. The summed E-state index contributed by atoms with van der Waals surface area (Å²) in [6.45, 7) is 5.07. The topological polar surface area (TPSA) is 68.1 Å². The lowest BCUT2D eigenvalue weighted by Gasteiger charge is -2.07. The molecule has 1 heterocycles. The molecule has 5 heteroatoms. The number of aromatic nitrogens is 1. The van der Waals surface area contributed by atoms with Crippen LogP contribution in [0.5, 0.6) is 0 Å². The van der Waals surface area contributed by atoms with E-state index in [-0.39, 0.29) is 10.6 Å². The number of hydrogen-bond acceptors (Lipinski definition) is 4. The number of aryl methyl sites for hydroxylation is 2. The monoisotopic (exact) mass is 271 g/mol. The highest BCUT2D eigenvalue weighted by molar-refractivity contribution is 5.42. The number of rotatable bonds is 5. The normalized spacial score (nSPS) is 10.5. The van der Waals surface area contributed by atoms with Crippen molar-refractivity contribution in [3.8, 4) is 0 Å². The molecule has 2 rings (SSSR count). The predicted octanol–water partition coefficient (Wildman–Crippen LogP) is 2.90. The van der Waals surface area contributed by atoms with Gasteiger partial charge >= 0.3 is 0 Å². The molecule has 1 aromatic heterocycles. The zero-order valence-electron chi connectivity index (χ0n) is 11.6. The van der Waals surface area contributed by atoms with Gasteiger partial charge < -0.3 is 5.32 Å². The molecule has 0 radical (unpaired) electrons. The van der Waals surface area contributed by atoms with Crippen LogP contribution in [-0.4, -0.2) is 9.91 Å². The minimum atomic E-state index is -0.343. The van der Waals surface area contributed by atoms with Crippen molar-refractivity contribution in [1.29, 1.82) is 0 Å². The van der Waals surface area contributed by atoms with E-state index in [1.54, 1.807) is 25.3 Å². The van der Waals surface area contributed by atoms with Crippen molar-refractivity contribution in [3.05, 3.63) is 69.0 Å².